The molecule has 19 heavy (non-hydrogen) atoms. The third-order valence-electron chi connectivity index (χ3n) is 3.73. The largest absolute Gasteiger partial charge is 0.496 e. The average Bonchev–Trinajstić information content (AvgIpc) is 2.33. The Morgan fingerprint density at radius 1 is 1.42 bits per heavy atom. The molecule has 0 aromatic heterocycles. The van der Waals surface area contributed by atoms with Gasteiger partial charge in [-0.15, -0.1) is 0 Å². The van der Waals surface area contributed by atoms with E-state index in [0.717, 1.165) is 42.7 Å². The van der Waals surface area contributed by atoms with Crippen LogP contribution >= 0.6 is 0 Å². The van der Waals surface area contributed by atoms with Crippen molar-refractivity contribution in [2.75, 3.05) is 21.2 Å². The summed E-state index contributed by atoms with van der Waals surface area (Å²) in [6.07, 6.45) is 4.60. The molecule has 0 aliphatic heterocycles. The number of methoxy groups -OCH3 is 1. The zero-order valence-corrected chi connectivity index (χ0v) is 11.8. The summed E-state index contributed by atoms with van der Waals surface area (Å²) in [5.41, 5.74) is 1.73. The molecule has 1 saturated carbocycles. The van der Waals surface area contributed by atoms with Crippen molar-refractivity contribution in [1.29, 1.82) is 0 Å². The van der Waals surface area contributed by atoms with E-state index in [2.05, 4.69) is 16.0 Å². The summed E-state index contributed by atoms with van der Waals surface area (Å²) in [7, 11) is 5.72. The molecule has 0 unspecified atom stereocenters. The summed E-state index contributed by atoms with van der Waals surface area (Å²) >= 11 is 0. The summed E-state index contributed by atoms with van der Waals surface area (Å²) in [6, 6.07) is 6.08. The molecule has 0 radical (unpaired) electrons. The van der Waals surface area contributed by atoms with Crippen LogP contribution < -0.4 is 4.74 Å². The van der Waals surface area contributed by atoms with E-state index in [1.54, 1.807) is 13.2 Å². The van der Waals surface area contributed by atoms with E-state index in [9.17, 15) is 4.79 Å². The molecule has 0 spiro atoms. The Morgan fingerprint density at radius 3 is 2.63 bits per heavy atom. The lowest BCUT2D eigenvalue weighted by atomic mass is 9.71. The number of nitrogens with zero attached hydrogens (tertiary/aromatic N) is 2. The maximum atomic E-state index is 10.7. The van der Waals surface area contributed by atoms with Gasteiger partial charge in [0.25, 0.3) is 0 Å². The van der Waals surface area contributed by atoms with E-state index in [1.165, 1.54) is 0 Å². The third-order valence-corrected chi connectivity index (χ3v) is 3.73. The Hall–Kier alpha value is -1.64. The van der Waals surface area contributed by atoms with Crippen LogP contribution in [0.5, 0.6) is 5.75 Å². The fraction of sp³-hybridized carbons (Fsp3) is 0.533. The molecule has 0 heterocycles. The number of carbonyl (C=O) groups excluding carboxylic acids is 1. The first-order valence-electron chi connectivity index (χ1n) is 6.53. The van der Waals surface area contributed by atoms with Crippen LogP contribution in [0.25, 0.3) is 0 Å². The normalized spacial score (nSPS) is 16.6. The van der Waals surface area contributed by atoms with Crippen LogP contribution in [0, 0.1) is 0 Å². The standard InChI is InChI=1S/C15H20N2O2/c1-17(2)10-12-6-4-7-13(14(12)19-3)15(16-11-18)8-5-9-15/h4,6-7H,5,8-10H2,1-3H3. The van der Waals surface area contributed by atoms with Crippen molar-refractivity contribution in [3.63, 3.8) is 0 Å². The monoisotopic (exact) mass is 260 g/mol. The number of ether oxygens (including phenoxy) is 1. The van der Waals surface area contributed by atoms with Gasteiger partial charge in [0.05, 0.1) is 7.11 Å². The Morgan fingerprint density at radius 2 is 2.16 bits per heavy atom. The van der Waals surface area contributed by atoms with Gasteiger partial charge in [-0.1, -0.05) is 18.2 Å². The molecule has 2 rings (SSSR count). The van der Waals surface area contributed by atoms with Crippen molar-refractivity contribution in [1.82, 2.24) is 4.90 Å². The van der Waals surface area contributed by atoms with Crippen molar-refractivity contribution in [2.24, 2.45) is 4.99 Å². The Labute approximate surface area is 114 Å². The van der Waals surface area contributed by atoms with Gasteiger partial charge in [0.2, 0.25) is 6.08 Å². The third kappa shape index (κ3) is 2.55. The van der Waals surface area contributed by atoms with Crippen molar-refractivity contribution in [2.45, 2.75) is 31.3 Å². The van der Waals surface area contributed by atoms with Crippen LogP contribution in [0.1, 0.15) is 30.4 Å². The fourth-order valence-corrected chi connectivity index (χ4v) is 2.70. The number of hydrogen-bond acceptors (Lipinski definition) is 4. The predicted octanol–water partition coefficient (Wildman–Crippen LogP) is 2.47. The van der Waals surface area contributed by atoms with Crippen LogP contribution in [-0.4, -0.2) is 32.2 Å². The molecule has 0 bridgehead atoms. The van der Waals surface area contributed by atoms with E-state index in [4.69, 9.17) is 4.74 Å². The summed E-state index contributed by atoms with van der Waals surface area (Å²) in [6.45, 7) is 0.803. The number of para-hydroxylation sites is 1. The molecule has 4 nitrogen and oxygen atoms in total. The number of benzene rings is 1. The summed E-state index contributed by atoms with van der Waals surface area (Å²) in [4.78, 5) is 16.9. The molecule has 0 saturated heterocycles. The van der Waals surface area contributed by atoms with Gasteiger partial charge in [0.1, 0.15) is 11.3 Å². The highest BCUT2D eigenvalue weighted by Gasteiger charge is 2.41. The first-order valence-corrected chi connectivity index (χ1v) is 6.53. The molecular weight excluding hydrogens is 240 g/mol. The first-order chi connectivity index (χ1) is 9.13. The number of rotatable bonds is 5. The second-order valence-corrected chi connectivity index (χ2v) is 5.32. The molecule has 0 N–H and O–H groups in total. The zero-order chi connectivity index (χ0) is 13.9. The fourth-order valence-electron chi connectivity index (χ4n) is 2.70. The van der Waals surface area contributed by atoms with E-state index < -0.39 is 5.54 Å². The van der Waals surface area contributed by atoms with E-state index in [0.29, 0.717) is 0 Å². The maximum absolute atomic E-state index is 10.7. The van der Waals surface area contributed by atoms with Gasteiger partial charge in [-0.2, -0.15) is 4.99 Å². The SMILES string of the molecule is COc1c(CN(C)C)cccc1C1(N=C=O)CCC1. The topological polar surface area (TPSA) is 41.9 Å². The smallest absolute Gasteiger partial charge is 0.235 e. The Kier molecular flexibility index (Phi) is 4.03. The highest BCUT2D eigenvalue weighted by molar-refractivity contribution is 5.49. The van der Waals surface area contributed by atoms with Gasteiger partial charge >= 0.3 is 0 Å². The van der Waals surface area contributed by atoms with Crippen LogP contribution in [0.15, 0.2) is 23.2 Å². The maximum Gasteiger partial charge on any atom is 0.235 e. The molecule has 4 heteroatoms. The average molecular weight is 260 g/mol. The van der Waals surface area contributed by atoms with Gasteiger partial charge in [0.15, 0.2) is 0 Å². The van der Waals surface area contributed by atoms with Crippen LogP contribution in [0.2, 0.25) is 0 Å². The molecule has 1 aliphatic rings. The van der Waals surface area contributed by atoms with E-state index in [1.807, 2.05) is 26.2 Å². The second kappa shape index (κ2) is 5.55. The summed E-state index contributed by atoms with van der Waals surface area (Å²) in [5, 5.41) is 0. The van der Waals surface area contributed by atoms with Crippen molar-refractivity contribution >= 4 is 6.08 Å². The lowest BCUT2D eigenvalue weighted by molar-refractivity contribution is 0.244. The zero-order valence-electron chi connectivity index (χ0n) is 11.8. The number of isocyanates is 1. The van der Waals surface area contributed by atoms with Crippen molar-refractivity contribution in [3.8, 4) is 5.75 Å². The van der Waals surface area contributed by atoms with Crippen LogP contribution in [0.4, 0.5) is 0 Å². The van der Waals surface area contributed by atoms with Crippen molar-refractivity contribution < 1.29 is 9.53 Å². The second-order valence-electron chi connectivity index (χ2n) is 5.32. The van der Waals surface area contributed by atoms with E-state index in [-0.39, 0.29) is 0 Å². The minimum atomic E-state index is -0.407. The lowest BCUT2D eigenvalue weighted by Crippen LogP contribution is -2.32. The van der Waals surface area contributed by atoms with Gasteiger partial charge in [-0.25, -0.2) is 4.79 Å². The molecule has 102 valence electrons. The van der Waals surface area contributed by atoms with Crippen LogP contribution in [-0.2, 0) is 16.9 Å². The van der Waals surface area contributed by atoms with Gasteiger partial charge < -0.3 is 9.64 Å². The highest BCUT2D eigenvalue weighted by atomic mass is 16.5. The molecule has 0 amide bonds. The van der Waals surface area contributed by atoms with Crippen molar-refractivity contribution in [3.05, 3.63) is 29.3 Å². The highest BCUT2D eigenvalue weighted by Crippen LogP contribution is 2.48. The van der Waals surface area contributed by atoms with Gasteiger partial charge in [-0.3, -0.25) is 0 Å². The summed E-state index contributed by atoms with van der Waals surface area (Å²) < 4.78 is 5.59. The molecule has 0 atom stereocenters. The quantitative estimate of drug-likeness (QED) is 0.603. The molecular formula is C15H20N2O2. The first kappa shape index (κ1) is 13.8. The van der Waals surface area contributed by atoms with E-state index >= 15 is 0 Å². The van der Waals surface area contributed by atoms with Gasteiger partial charge in [-0.05, 0) is 33.4 Å². The minimum Gasteiger partial charge on any atom is -0.496 e. The number of hydrogen-bond donors (Lipinski definition) is 0. The van der Waals surface area contributed by atoms with Gasteiger partial charge in [0, 0.05) is 17.7 Å². The lowest BCUT2D eigenvalue weighted by Gasteiger charge is -2.38. The Bertz CT molecular complexity index is 501. The minimum absolute atomic E-state index is 0.407. The molecule has 1 aromatic rings. The molecule has 1 fully saturated rings. The molecule has 1 aliphatic carbocycles. The number of aliphatic imine (C=N–C) groups is 1. The summed E-state index contributed by atoms with van der Waals surface area (Å²) in [5.74, 6) is 0.856. The van der Waals surface area contributed by atoms with Crippen LogP contribution in [0.3, 0.4) is 0 Å². The predicted molar refractivity (Wildman–Crippen MR) is 74.0 cm³/mol. The Balaban J connectivity index is 2.48. The molecule has 1 aromatic carbocycles.